The molecule has 0 aliphatic rings. The molecule has 0 fully saturated rings. The highest BCUT2D eigenvalue weighted by Gasteiger charge is 2.16. The number of fused-ring (bicyclic) bond motifs is 5. The number of imidazole rings is 1. The van der Waals surface area contributed by atoms with E-state index in [2.05, 4.69) is 4.74 Å². The molecule has 8 heteroatoms. The lowest BCUT2D eigenvalue weighted by molar-refractivity contribution is -0.0498. The SMILES string of the molecule is O=C(CSc1nc2ccccc2c2nc3ccccc3n12)c1ccc(OC(F)F)cc1. The van der Waals surface area contributed by atoms with Crippen molar-refractivity contribution < 1.29 is 18.3 Å². The number of nitrogens with zero attached hydrogens (tertiary/aromatic N) is 3. The first-order valence-electron chi connectivity index (χ1n) is 9.47. The largest absolute Gasteiger partial charge is 0.435 e. The lowest BCUT2D eigenvalue weighted by Crippen LogP contribution is -2.06. The number of hydrogen-bond acceptors (Lipinski definition) is 5. The van der Waals surface area contributed by atoms with Crippen LogP contribution in [0.3, 0.4) is 0 Å². The summed E-state index contributed by atoms with van der Waals surface area (Å²) in [5.41, 5.74) is 3.77. The average molecular weight is 435 g/mol. The Morgan fingerprint density at radius 3 is 2.42 bits per heavy atom. The van der Waals surface area contributed by atoms with Gasteiger partial charge in [-0.3, -0.25) is 9.20 Å². The molecular formula is C23H15F2N3O2S. The molecule has 5 aromatic rings. The van der Waals surface area contributed by atoms with Crippen molar-refractivity contribution in [2.24, 2.45) is 0 Å². The number of carbonyl (C=O) groups is 1. The minimum atomic E-state index is -2.90. The van der Waals surface area contributed by atoms with Crippen LogP contribution in [-0.2, 0) is 0 Å². The lowest BCUT2D eigenvalue weighted by atomic mass is 10.1. The van der Waals surface area contributed by atoms with Gasteiger partial charge in [0.05, 0.1) is 22.3 Å². The standard InChI is InChI=1S/C23H15F2N3O2S/c24-22(25)30-15-11-9-14(10-12-15)20(29)13-31-23-27-17-6-2-1-5-16(17)21-26-18-7-3-4-8-19(18)28(21)23/h1-12,22H,13H2. The monoisotopic (exact) mass is 435 g/mol. The van der Waals surface area contributed by atoms with Crippen LogP contribution in [0.15, 0.2) is 78.0 Å². The number of para-hydroxylation sites is 3. The fraction of sp³-hybridized carbons (Fsp3) is 0.0870. The van der Waals surface area contributed by atoms with E-state index in [1.807, 2.05) is 52.9 Å². The second-order valence-corrected chi connectivity index (χ2v) is 7.73. The van der Waals surface area contributed by atoms with Crippen molar-refractivity contribution in [2.45, 2.75) is 11.8 Å². The number of halogens is 2. The van der Waals surface area contributed by atoms with Gasteiger partial charge < -0.3 is 4.74 Å². The molecule has 5 nitrogen and oxygen atoms in total. The van der Waals surface area contributed by atoms with Crippen LogP contribution in [0.2, 0.25) is 0 Å². The summed E-state index contributed by atoms with van der Waals surface area (Å²) in [4.78, 5) is 22.2. The first kappa shape index (κ1) is 19.4. The summed E-state index contributed by atoms with van der Waals surface area (Å²) in [7, 11) is 0. The fourth-order valence-corrected chi connectivity index (χ4v) is 4.35. The second kappa shape index (κ2) is 7.96. The maximum atomic E-state index is 12.7. The number of ketones is 1. The summed E-state index contributed by atoms with van der Waals surface area (Å²) in [6.45, 7) is -2.90. The van der Waals surface area contributed by atoms with Crippen molar-refractivity contribution in [3.8, 4) is 5.75 Å². The highest BCUT2D eigenvalue weighted by Crippen LogP contribution is 2.29. The minimum Gasteiger partial charge on any atom is -0.435 e. The van der Waals surface area contributed by atoms with Crippen LogP contribution in [-0.4, -0.2) is 32.5 Å². The van der Waals surface area contributed by atoms with Gasteiger partial charge in [-0.25, -0.2) is 9.97 Å². The van der Waals surface area contributed by atoms with Gasteiger partial charge in [-0.15, -0.1) is 0 Å². The molecule has 0 saturated heterocycles. The van der Waals surface area contributed by atoms with Gasteiger partial charge in [0.15, 0.2) is 10.9 Å². The van der Waals surface area contributed by atoms with E-state index >= 15 is 0 Å². The van der Waals surface area contributed by atoms with Crippen molar-refractivity contribution in [1.29, 1.82) is 0 Å². The van der Waals surface area contributed by atoms with Crippen molar-refractivity contribution >= 4 is 45.1 Å². The number of Topliss-reactive ketones (excluding diaryl/α,β-unsaturated/α-hetero) is 1. The molecule has 0 unspecified atom stereocenters. The summed E-state index contributed by atoms with van der Waals surface area (Å²) in [6, 6.07) is 21.2. The summed E-state index contributed by atoms with van der Waals surface area (Å²) in [6.07, 6.45) is 0. The first-order chi connectivity index (χ1) is 15.1. The van der Waals surface area contributed by atoms with E-state index in [-0.39, 0.29) is 17.3 Å². The van der Waals surface area contributed by atoms with Gasteiger partial charge in [-0.2, -0.15) is 8.78 Å². The third-order valence-corrected chi connectivity index (χ3v) is 5.79. The number of thioether (sulfide) groups is 1. The first-order valence-corrected chi connectivity index (χ1v) is 10.5. The fourth-order valence-electron chi connectivity index (χ4n) is 3.45. The zero-order valence-corrected chi connectivity index (χ0v) is 16.9. The normalized spacial score (nSPS) is 11.6. The average Bonchev–Trinajstić information content (AvgIpc) is 3.17. The van der Waals surface area contributed by atoms with E-state index in [0.29, 0.717) is 10.7 Å². The minimum absolute atomic E-state index is 0.0157. The third-order valence-electron chi connectivity index (χ3n) is 4.85. The zero-order valence-electron chi connectivity index (χ0n) is 16.0. The van der Waals surface area contributed by atoms with Crippen molar-refractivity contribution in [3.63, 3.8) is 0 Å². The molecule has 3 aromatic carbocycles. The van der Waals surface area contributed by atoms with E-state index in [1.165, 1.54) is 36.0 Å². The zero-order chi connectivity index (χ0) is 21.4. The molecule has 0 atom stereocenters. The Morgan fingerprint density at radius 2 is 1.65 bits per heavy atom. The smallest absolute Gasteiger partial charge is 0.387 e. The molecule has 2 heterocycles. The number of ether oxygens (including phenoxy) is 1. The number of carbonyl (C=O) groups excluding carboxylic acids is 1. The quantitative estimate of drug-likeness (QED) is 0.197. The molecule has 0 bridgehead atoms. The van der Waals surface area contributed by atoms with Crippen molar-refractivity contribution in [2.75, 3.05) is 5.75 Å². The molecule has 0 N–H and O–H groups in total. The van der Waals surface area contributed by atoms with Gasteiger partial charge in [-0.1, -0.05) is 36.0 Å². The number of rotatable bonds is 6. The molecule has 0 radical (unpaired) electrons. The maximum absolute atomic E-state index is 12.7. The Bertz CT molecular complexity index is 1420. The van der Waals surface area contributed by atoms with Crippen LogP contribution in [0, 0.1) is 0 Å². The Morgan fingerprint density at radius 1 is 0.935 bits per heavy atom. The molecule has 31 heavy (non-hydrogen) atoms. The van der Waals surface area contributed by atoms with E-state index in [4.69, 9.17) is 9.97 Å². The summed E-state index contributed by atoms with van der Waals surface area (Å²) < 4.78 is 30.9. The Hall–Kier alpha value is -3.52. The second-order valence-electron chi connectivity index (χ2n) is 6.79. The molecule has 154 valence electrons. The summed E-state index contributed by atoms with van der Waals surface area (Å²) in [5, 5.41) is 1.59. The van der Waals surface area contributed by atoms with E-state index in [9.17, 15) is 13.6 Å². The number of benzene rings is 3. The van der Waals surface area contributed by atoms with E-state index in [0.717, 1.165) is 27.6 Å². The summed E-state index contributed by atoms with van der Waals surface area (Å²) in [5.74, 6) is 0.0188. The van der Waals surface area contributed by atoms with E-state index in [1.54, 1.807) is 0 Å². The summed E-state index contributed by atoms with van der Waals surface area (Å²) >= 11 is 1.31. The van der Waals surface area contributed by atoms with Gasteiger partial charge in [0.1, 0.15) is 11.4 Å². The van der Waals surface area contributed by atoms with Crippen LogP contribution in [0.4, 0.5) is 8.78 Å². The molecule has 5 rings (SSSR count). The van der Waals surface area contributed by atoms with Crippen LogP contribution in [0.25, 0.3) is 27.6 Å². The molecule has 0 amide bonds. The maximum Gasteiger partial charge on any atom is 0.387 e. The van der Waals surface area contributed by atoms with Gasteiger partial charge in [0.2, 0.25) is 0 Å². The Labute approximate surface area is 179 Å². The Balaban J connectivity index is 1.49. The molecule has 0 aliphatic carbocycles. The number of aromatic nitrogens is 3. The predicted molar refractivity (Wildman–Crippen MR) is 116 cm³/mol. The van der Waals surface area contributed by atoms with Crippen LogP contribution < -0.4 is 4.74 Å². The molecule has 0 spiro atoms. The van der Waals surface area contributed by atoms with Crippen LogP contribution in [0.5, 0.6) is 5.75 Å². The molecule has 2 aromatic heterocycles. The number of hydrogen-bond donors (Lipinski definition) is 0. The van der Waals surface area contributed by atoms with Crippen molar-refractivity contribution in [1.82, 2.24) is 14.4 Å². The molecule has 0 saturated carbocycles. The third kappa shape index (κ3) is 3.70. The molecule has 0 aliphatic heterocycles. The Kier molecular flexibility index (Phi) is 4.99. The topological polar surface area (TPSA) is 56.5 Å². The predicted octanol–water partition coefficient (Wildman–Crippen LogP) is 5.61. The highest BCUT2D eigenvalue weighted by atomic mass is 32.2. The van der Waals surface area contributed by atoms with Crippen LogP contribution >= 0.6 is 11.8 Å². The van der Waals surface area contributed by atoms with Crippen LogP contribution in [0.1, 0.15) is 10.4 Å². The van der Waals surface area contributed by atoms with E-state index < -0.39 is 6.61 Å². The van der Waals surface area contributed by atoms with Gasteiger partial charge in [0, 0.05) is 10.9 Å². The van der Waals surface area contributed by atoms with Crippen molar-refractivity contribution in [3.05, 3.63) is 78.4 Å². The van der Waals surface area contributed by atoms with Gasteiger partial charge >= 0.3 is 6.61 Å². The highest BCUT2D eigenvalue weighted by molar-refractivity contribution is 7.99. The van der Waals surface area contributed by atoms with Gasteiger partial charge in [0.25, 0.3) is 0 Å². The van der Waals surface area contributed by atoms with Gasteiger partial charge in [-0.05, 0) is 48.5 Å². The lowest BCUT2D eigenvalue weighted by Gasteiger charge is -2.08. The number of alkyl halides is 2. The molecular weight excluding hydrogens is 420 g/mol.